The highest BCUT2D eigenvalue weighted by Gasteiger charge is 2.06. The summed E-state index contributed by atoms with van der Waals surface area (Å²) in [5.41, 5.74) is 1.29. The lowest BCUT2D eigenvalue weighted by Gasteiger charge is -2.15. The SMILES string of the molecule is CCOC(=O)CO/N=C/C=C(\C)CCCC(C)CCCC(C)CCCC(C)C. The number of hydrogen-bond acceptors (Lipinski definition) is 4. The molecular weight excluding hydrogens is 350 g/mol. The summed E-state index contributed by atoms with van der Waals surface area (Å²) in [6.07, 6.45) is 15.4. The molecule has 0 aromatic rings. The Kier molecular flexibility index (Phi) is 16.9. The van der Waals surface area contributed by atoms with Crippen LogP contribution in [0.1, 0.15) is 99.3 Å². The maximum atomic E-state index is 11.1. The van der Waals surface area contributed by atoms with E-state index >= 15 is 0 Å². The highest BCUT2D eigenvalue weighted by molar-refractivity contribution is 5.72. The minimum Gasteiger partial charge on any atom is -0.463 e. The Morgan fingerprint density at radius 1 is 0.929 bits per heavy atom. The van der Waals surface area contributed by atoms with Crippen LogP contribution in [0.5, 0.6) is 0 Å². The van der Waals surface area contributed by atoms with Gasteiger partial charge >= 0.3 is 5.97 Å². The first-order valence-electron chi connectivity index (χ1n) is 11.3. The zero-order chi connectivity index (χ0) is 21.2. The van der Waals surface area contributed by atoms with Crippen LogP contribution < -0.4 is 0 Å². The van der Waals surface area contributed by atoms with E-state index in [1.54, 1.807) is 13.1 Å². The molecule has 0 radical (unpaired) electrons. The van der Waals surface area contributed by atoms with Crippen LogP contribution >= 0.6 is 0 Å². The van der Waals surface area contributed by atoms with Gasteiger partial charge in [0, 0.05) is 0 Å². The van der Waals surface area contributed by atoms with E-state index in [1.807, 2.05) is 6.08 Å². The number of ether oxygens (including phenoxy) is 1. The van der Waals surface area contributed by atoms with Gasteiger partial charge in [-0.25, -0.2) is 4.79 Å². The average Bonchev–Trinajstić information content (AvgIpc) is 2.61. The number of nitrogens with zero attached hydrogens (tertiary/aromatic N) is 1. The van der Waals surface area contributed by atoms with E-state index in [2.05, 4.69) is 39.8 Å². The van der Waals surface area contributed by atoms with E-state index < -0.39 is 0 Å². The van der Waals surface area contributed by atoms with E-state index in [0.717, 1.165) is 24.2 Å². The molecule has 0 saturated heterocycles. The van der Waals surface area contributed by atoms with Crippen LogP contribution in [-0.4, -0.2) is 25.4 Å². The molecule has 0 saturated carbocycles. The second-order valence-corrected chi connectivity index (χ2v) is 8.70. The number of hydrogen-bond donors (Lipinski definition) is 0. The van der Waals surface area contributed by atoms with Gasteiger partial charge in [0.25, 0.3) is 0 Å². The fraction of sp³-hybridized carbons (Fsp3) is 0.833. The molecule has 164 valence electrons. The van der Waals surface area contributed by atoms with Gasteiger partial charge in [-0.05, 0) is 50.5 Å². The van der Waals surface area contributed by atoms with E-state index in [0.29, 0.717) is 6.61 Å². The lowest BCUT2D eigenvalue weighted by Crippen LogP contribution is -2.10. The predicted molar refractivity (Wildman–Crippen MR) is 120 cm³/mol. The lowest BCUT2D eigenvalue weighted by molar-refractivity contribution is -0.148. The summed E-state index contributed by atoms with van der Waals surface area (Å²) in [6.45, 7) is 13.5. The Balaban J connectivity index is 3.72. The van der Waals surface area contributed by atoms with Crippen LogP contribution in [-0.2, 0) is 14.4 Å². The molecule has 0 heterocycles. The molecule has 4 nitrogen and oxygen atoms in total. The van der Waals surface area contributed by atoms with Gasteiger partial charge in [0.05, 0.1) is 12.8 Å². The Labute approximate surface area is 174 Å². The Bertz CT molecular complexity index is 443. The van der Waals surface area contributed by atoms with Gasteiger partial charge in [0.15, 0.2) is 0 Å². The summed E-state index contributed by atoms with van der Waals surface area (Å²) in [5.74, 6) is 2.13. The molecule has 0 aliphatic carbocycles. The van der Waals surface area contributed by atoms with Gasteiger partial charge in [-0.1, -0.05) is 83.4 Å². The van der Waals surface area contributed by atoms with Gasteiger partial charge in [0.2, 0.25) is 6.61 Å². The predicted octanol–water partition coefficient (Wildman–Crippen LogP) is 6.94. The van der Waals surface area contributed by atoms with Crippen LogP contribution in [0.15, 0.2) is 16.8 Å². The third-order valence-electron chi connectivity index (χ3n) is 5.12. The van der Waals surface area contributed by atoms with Crippen molar-refractivity contribution in [2.45, 2.75) is 99.3 Å². The molecule has 28 heavy (non-hydrogen) atoms. The topological polar surface area (TPSA) is 47.9 Å². The maximum absolute atomic E-state index is 11.1. The van der Waals surface area contributed by atoms with Gasteiger partial charge in [0.1, 0.15) is 0 Å². The summed E-state index contributed by atoms with van der Waals surface area (Å²) < 4.78 is 4.76. The van der Waals surface area contributed by atoms with Gasteiger partial charge in [-0.2, -0.15) is 0 Å². The Morgan fingerprint density at radius 3 is 2.07 bits per heavy atom. The highest BCUT2D eigenvalue weighted by Crippen LogP contribution is 2.21. The quantitative estimate of drug-likeness (QED) is 0.152. The van der Waals surface area contributed by atoms with Gasteiger partial charge in [-0.3, -0.25) is 0 Å². The molecule has 0 N–H and O–H groups in total. The number of carbonyl (C=O) groups excluding carboxylic acids is 1. The zero-order valence-electron chi connectivity index (χ0n) is 19.3. The smallest absolute Gasteiger partial charge is 0.347 e. The van der Waals surface area contributed by atoms with Crippen molar-refractivity contribution in [2.24, 2.45) is 22.9 Å². The first-order valence-corrected chi connectivity index (χ1v) is 11.3. The van der Waals surface area contributed by atoms with Crippen molar-refractivity contribution in [1.29, 1.82) is 0 Å². The molecular formula is C24H45NO3. The first-order chi connectivity index (χ1) is 13.3. The first kappa shape index (κ1) is 26.7. The maximum Gasteiger partial charge on any atom is 0.347 e. The minimum absolute atomic E-state index is 0.134. The monoisotopic (exact) mass is 395 g/mol. The third-order valence-corrected chi connectivity index (χ3v) is 5.12. The van der Waals surface area contributed by atoms with Crippen molar-refractivity contribution >= 4 is 12.2 Å². The van der Waals surface area contributed by atoms with Crippen LogP contribution in [0.2, 0.25) is 0 Å². The fourth-order valence-electron chi connectivity index (χ4n) is 3.28. The van der Waals surface area contributed by atoms with Crippen molar-refractivity contribution < 1.29 is 14.4 Å². The van der Waals surface area contributed by atoms with Gasteiger partial charge in [-0.15, -0.1) is 0 Å². The minimum atomic E-state index is -0.390. The number of esters is 1. The Hall–Kier alpha value is -1.32. The van der Waals surface area contributed by atoms with Crippen molar-refractivity contribution in [3.05, 3.63) is 11.6 Å². The standard InChI is InChI=1S/C24H45NO3/c1-7-27-24(26)19-28-25-18-17-23(6)16-10-15-22(5)14-9-13-21(4)12-8-11-20(2)3/h17-18,20-22H,7-16,19H2,1-6H3/b23-17+,25-18+. The molecule has 0 aromatic carbocycles. The summed E-state index contributed by atoms with van der Waals surface area (Å²) in [6, 6.07) is 0. The molecule has 0 aromatic heterocycles. The molecule has 0 aliphatic rings. The average molecular weight is 396 g/mol. The molecule has 0 aliphatic heterocycles. The lowest BCUT2D eigenvalue weighted by atomic mass is 9.91. The number of oxime groups is 1. The molecule has 0 amide bonds. The molecule has 4 heteroatoms. The molecule has 0 fully saturated rings. The van der Waals surface area contributed by atoms with Crippen molar-refractivity contribution in [1.82, 2.24) is 0 Å². The van der Waals surface area contributed by atoms with Crippen LogP contribution in [0.3, 0.4) is 0 Å². The molecule has 0 rings (SSSR count). The van der Waals surface area contributed by atoms with E-state index in [9.17, 15) is 4.79 Å². The van der Waals surface area contributed by atoms with Crippen molar-refractivity contribution in [3.63, 3.8) is 0 Å². The summed E-state index contributed by atoms with van der Waals surface area (Å²) >= 11 is 0. The van der Waals surface area contributed by atoms with Crippen LogP contribution in [0, 0.1) is 17.8 Å². The normalized spacial score (nSPS) is 14.5. The molecule has 0 spiro atoms. The number of allylic oxidation sites excluding steroid dienone is 2. The summed E-state index contributed by atoms with van der Waals surface area (Å²) in [7, 11) is 0. The molecule has 0 bridgehead atoms. The molecule has 2 atom stereocenters. The van der Waals surface area contributed by atoms with Crippen LogP contribution in [0.25, 0.3) is 0 Å². The second kappa shape index (κ2) is 17.8. The van der Waals surface area contributed by atoms with Gasteiger partial charge < -0.3 is 9.57 Å². The number of rotatable bonds is 17. The van der Waals surface area contributed by atoms with E-state index in [4.69, 9.17) is 9.57 Å². The third kappa shape index (κ3) is 18.1. The zero-order valence-corrected chi connectivity index (χ0v) is 19.3. The largest absolute Gasteiger partial charge is 0.463 e. The van der Waals surface area contributed by atoms with Crippen molar-refractivity contribution in [3.8, 4) is 0 Å². The summed E-state index contributed by atoms with van der Waals surface area (Å²) in [4.78, 5) is 16.0. The second-order valence-electron chi connectivity index (χ2n) is 8.70. The summed E-state index contributed by atoms with van der Waals surface area (Å²) in [5, 5.41) is 3.76. The Morgan fingerprint density at radius 2 is 1.50 bits per heavy atom. The van der Waals surface area contributed by atoms with Crippen molar-refractivity contribution in [2.75, 3.05) is 13.2 Å². The molecule has 2 unspecified atom stereocenters. The number of carbonyl (C=O) groups is 1. The fourth-order valence-corrected chi connectivity index (χ4v) is 3.28. The van der Waals surface area contributed by atoms with E-state index in [-0.39, 0.29) is 12.6 Å². The van der Waals surface area contributed by atoms with Crippen LogP contribution in [0.4, 0.5) is 0 Å². The van der Waals surface area contributed by atoms with E-state index in [1.165, 1.54) is 56.9 Å². The highest BCUT2D eigenvalue weighted by atomic mass is 16.6.